The second kappa shape index (κ2) is 62.8. The largest absolute Gasteiger partial charge is 3.00 e. The van der Waals surface area contributed by atoms with Crippen molar-refractivity contribution in [2.24, 2.45) is 0 Å². The van der Waals surface area contributed by atoms with Crippen LogP contribution in [0, 0.1) is 141 Å². The molecule has 0 aliphatic carbocycles. The molecule has 2 radical (unpaired) electrons. The summed E-state index contributed by atoms with van der Waals surface area (Å²) in [5, 5.41) is 103. The van der Waals surface area contributed by atoms with Crippen LogP contribution in [0.3, 0.4) is 0 Å². The van der Waals surface area contributed by atoms with Crippen LogP contribution in [-0.4, -0.2) is 96.4 Å². The van der Waals surface area contributed by atoms with Crippen molar-refractivity contribution in [3.63, 3.8) is 0 Å². The zero-order chi connectivity index (χ0) is 54.5. The number of para-hydroxylation sites is 4. The molecular weight excluding hydrogens is 1390 g/mol. The van der Waals surface area contributed by atoms with E-state index in [1.54, 1.807) is 24.3 Å². The summed E-state index contributed by atoms with van der Waals surface area (Å²) in [6.45, 7) is 6.11. The molecule has 4 rings (SSSR count). The molecule has 74 heavy (non-hydrogen) atoms. The van der Waals surface area contributed by atoms with Gasteiger partial charge in [0.1, 0.15) is 59.7 Å². The standard InChI is InChI=1S/4C8H8O3.2C3H6O.2Co.2Gd.4NO3.2H2O/c4*1-11-7-4-2-3-6(5-9)8(7)10;2*1-3(2)4;;;;;4*2-1(3)4;;/h4*2-5,10H,1H3;2*1-2H3;;;;;;;;;2*1H2/q;;;;;;+2;+3;+2;+3;4*-1;;/p-6. The number of hydrogen-bond donors (Lipinski definition) is 0. The Morgan fingerprint density at radius 3 is 0.595 bits per heavy atom. The van der Waals surface area contributed by atoms with Crippen molar-refractivity contribution in [3.05, 3.63) is 156 Å². The summed E-state index contributed by atoms with van der Waals surface area (Å²) in [5.41, 5.74) is 0.516. The maximum Gasteiger partial charge on any atom is 3.00 e. The molecule has 0 aliphatic rings. The SMILES string of the molecule is CC(C)=O.CC(C)=O.COc1cccc(C=O)c1[O-].COc1cccc(C=O)c1[O-].COc1cccc(C=O)c1[O-].COc1cccc(C=O)c1[O-].O=[N+]([O-])[O-].O=[N+]([O-])[O-].O=[N+]([O-])[O-].O=[N+]([O-])[O-].[Co+2].[Co+3].[Gd+2].[Gd+3].[OH-].[OH-]. The molecule has 0 heterocycles. The van der Waals surface area contributed by atoms with E-state index in [2.05, 4.69) is 0 Å². The summed E-state index contributed by atoms with van der Waals surface area (Å²) in [6.07, 6.45) is 2.07. The molecule has 0 aliphatic heterocycles. The van der Waals surface area contributed by atoms with Gasteiger partial charge < -0.3 is 121 Å². The molecule has 0 amide bonds. The summed E-state index contributed by atoms with van der Waals surface area (Å²) < 4.78 is 18.9. The zero-order valence-electron chi connectivity index (χ0n) is 38.9. The minimum absolute atomic E-state index is 0. The summed E-state index contributed by atoms with van der Waals surface area (Å²) in [7, 11) is 5.58. The van der Waals surface area contributed by atoms with Crippen molar-refractivity contribution in [1.82, 2.24) is 0 Å². The van der Waals surface area contributed by atoms with Crippen LogP contribution in [0.1, 0.15) is 69.1 Å². The summed E-state index contributed by atoms with van der Waals surface area (Å²) in [5.74, 6) is -0.279. The molecule has 4 aromatic carbocycles. The monoisotopic (exact) mass is 1440 g/mol. The Kier molecular flexibility index (Phi) is 82.4. The summed E-state index contributed by atoms with van der Waals surface area (Å²) >= 11 is 0. The van der Waals surface area contributed by atoms with Crippen molar-refractivity contribution >= 4 is 36.7 Å². The van der Waals surface area contributed by atoms with Gasteiger partial charge in [-0.3, -0.25) is 19.2 Å². The van der Waals surface area contributed by atoms with E-state index in [4.69, 9.17) is 80.2 Å². The normalized spacial score (nSPS) is 7.46. The number of hydrogen-bond acceptors (Lipinski definition) is 28. The first-order valence-corrected chi connectivity index (χ1v) is 16.9. The predicted octanol–water partition coefficient (Wildman–Crippen LogP) is 2.20. The Hall–Kier alpha value is -6.32. The van der Waals surface area contributed by atoms with Gasteiger partial charge >= 0.3 is 113 Å². The number of nitrogens with zero attached hydrogens (tertiary/aromatic N) is 4. The van der Waals surface area contributed by atoms with Gasteiger partial charge in [0.15, 0.2) is 0 Å². The van der Waals surface area contributed by atoms with Crippen LogP contribution in [0.5, 0.6) is 46.0 Å². The van der Waals surface area contributed by atoms with Gasteiger partial charge in [0.05, 0.1) is 48.8 Å². The van der Waals surface area contributed by atoms with Crippen LogP contribution in [0.4, 0.5) is 0 Å². The topological polar surface area (TPSA) is 556 Å². The molecule has 0 saturated heterocycles. The first-order valence-electron chi connectivity index (χ1n) is 16.9. The molecule has 416 valence electrons. The van der Waals surface area contributed by atoms with E-state index in [1.165, 1.54) is 105 Å². The number of methoxy groups -OCH3 is 4. The van der Waals surface area contributed by atoms with Gasteiger partial charge in [-0.1, -0.05) is 71.5 Å². The smallest absolute Gasteiger partial charge is 0.870 e. The van der Waals surface area contributed by atoms with Gasteiger partial charge in [0.2, 0.25) is 0 Å². The summed E-state index contributed by atoms with van der Waals surface area (Å²) in [6, 6.07) is 18.3. The Morgan fingerprint density at radius 2 is 0.514 bits per heavy atom. The Labute approximate surface area is 503 Å². The van der Waals surface area contributed by atoms with Crippen LogP contribution in [0.25, 0.3) is 0 Å². The van der Waals surface area contributed by atoms with Gasteiger partial charge in [-0.2, -0.15) is 0 Å². The molecule has 36 heteroatoms. The van der Waals surface area contributed by atoms with Gasteiger partial charge in [-0.25, -0.2) is 0 Å². The quantitative estimate of drug-likeness (QED) is 0.139. The van der Waals surface area contributed by atoms with E-state index >= 15 is 0 Å². The molecule has 0 spiro atoms. The van der Waals surface area contributed by atoms with Crippen molar-refractivity contribution in [1.29, 1.82) is 0 Å². The molecule has 0 unspecified atom stereocenters. The average molecular weight is 1440 g/mol. The molecule has 0 aromatic heterocycles. The number of ether oxygens (including phenoxy) is 4. The van der Waals surface area contributed by atoms with Crippen LogP contribution in [0.2, 0.25) is 0 Å². The molecule has 2 N–H and O–H groups in total. The molecule has 4 aromatic rings. The number of rotatable bonds is 8. The van der Waals surface area contributed by atoms with Crippen molar-refractivity contribution in [2.75, 3.05) is 28.4 Å². The Balaban J connectivity index is -0.0000000592. The van der Waals surface area contributed by atoms with E-state index in [0.29, 0.717) is 25.1 Å². The number of Topliss-reactive ketones (excluding diaryl/α,β-unsaturated/α-hetero) is 2. The second-order valence-corrected chi connectivity index (χ2v) is 10.7. The first kappa shape index (κ1) is 97.1. The molecule has 0 bridgehead atoms. The number of carbonyl (C=O) groups excluding carboxylic acids is 6. The van der Waals surface area contributed by atoms with Crippen molar-refractivity contribution in [2.45, 2.75) is 27.7 Å². The maximum absolute atomic E-state index is 11.1. The fourth-order valence-electron chi connectivity index (χ4n) is 3.15. The summed E-state index contributed by atoms with van der Waals surface area (Å²) in [4.78, 5) is 92.8. The van der Waals surface area contributed by atoms with Crippen LogP contribution >= 0.6 is 0 Å². The van der Waals surface area contributed by atoms with Gasteiger partial charge in [-0.05, 0) is 52.0 Å². The van der Waals surface area contributed by atoms with Crippen LogP contribution in [-0.2, 0) is 43.1 Å². The number of aldehydes is 4. The number of benzene rings is 4. The molecule has 0 atom stereocenters. The van der Waals surface area contributed by atoms with Gasteiger partial charge in [0, 0.05) is 22.3 Å². The van der Waals surface area contributed by atoms with Crippen LogP contribution < -0.4 is 39.4 Å². The third-order valence-electron chi connectivity index (χ3n) is 5.42. The van der Waals surface area contributed by atoms with E-state index in [1.807, 2.05) is 0 Å². The van der Waals surface area contributed by atoms with Crippen molar-refractivity contribution in [3.8, 4) is 46.0 Å². The zero-order valence-corrected chi connectivity index (χ0v) is 45.5. The Morgan fingerprint density at radius 1 is 0.405 bits per heavy atom. The van der Waals surface area contributed by atoms with Crippen LogP contribution in [0.15, 0.2) is 72.8 Å². The molecular formula is C38H42Co2Gd2N4O28. The third kappa shape index (κ3) is 63.7. The second-order valence-electron chi connectivity index (χ2n) is 10.7. The van der Waals surface area contributed by atoms with Gasteiger partial charge in [0.25, 0.3) is 0 Å². The first-order chi connectivity index (χ1) is 31.6. The number of ketones is 2. The molecule has 32 nitrogen and oxygen atoms in total. The number of carbonyl (C=O) groups is 6. The predicted molar refractivity (Wildman–Crippen MR) is 229 cm³/mol. The van der Waals surface area contributed by atoms with E-state index in [9.17, 15) is 49.2 Å². The minimum Gasteiger partial charge on any atom is -0.870 e. The minimum atomic E-state index is -1.75. The molecule has 0 saturated carbocycles. The van der Waals surface area contributed by atoms with E-state index < -0.39 is 20.3 Å². The maximum atomic E-state index is 11.1. The Bertz CT molecular complexity index is 1850. The fraction of sp³-hybridized carbons (Fsp3) is 0.211. The van der Waals surface area contributed by atoms with Gasteiger partial charge in [-0.15, -0.1) is 0 Å². The van der Waals surface area contributed by atoms with Crippen molar-refractivity contribution < 1.29 is 213 Å². The molecule has 0 fully saturated rings. The third-order valence-corrected chi connectivity index (χ3v) is 5.42. The van der Waals surface area contributed by atoms with E-state index in [-0.39, 0.29) is 204 Å². The fourth-order valence-corrected chi connectivity index (χ4v) is 3.15. The average Bonchev–Trinajstić information content (AvgIpc) is 3.23. The van der Waals surface area contributed by atoms with E-state index in [0.717, 1.165) is 0 Å².